The molecule has 2 heterocycles. The van der Waals surface area contributed by atoms with Crippen LogP contribution in [0.3, 0.4) is 0 Å². The van der Waals surface area contributed by atoms with Crippen molar-refractivity contribution in [2.75, 3.05) is 17.8 Å². The normalized spacial score (nSPS) is 17.2. The Morgan fingerprint density at radius 3 is 2.80 bits per heavy atom. The fourth-order valence-electron chi connectivity index (χ4n) is 2.55. The van der Waals surface area contributed by atoms with Gasteiger partial charge in [-0.3, -0.25) is 9.71 Å². The minimum absolute atomic E-state index is 0.319. The summed E-state index contributed by atoms with van der Waals surface area (Å²) in [5, 5.41) is 4.66. The van der Waals surface area contributed by atoms with Crippen molar-refractivity contribution in [3.63, 3.8) is 0 Å². The number of pyridine rings is 1. The van der Waals surface area contributed by atoms with E-state index in [2.05, 4.69) is 15.0 Å². The lowest BCUT2D eigenvalue weighted by Crippen LogP contribution is -2.38. The maximum absolute atomic E-state index is 12.4. The molecule has 0 radical (unpaired) electrons. The summed E-state index contributed by atoms with van der Waals surface area (Å²) in [4.78, 5) is 4.05. The summed E-state index contributed by atoms with van der Waals surface area (Å²) in [5.41, 5.74) is 0.628. The van der Waals surface area contributed by atoms with E-state index in [1.807, 2.05) is 18.2 Å². The topological polar surface area (TPSA) is 71.1 Å². The minimum atomic E-state index is -3.34. The molecule has 0 unspecified atom stereocenters. The first-order valence-corrected chi connectivity index (χ1v) is 8.26. The number of hydrogen-bond acceptors (Lipinski definition) is 4. The van der Waals surface area contributed by atoms with Crippen molar-refractivity contribution >= 4 is 26.5 Å². The molecule has 2 N–H and O–H groups in total. The predicted octanol–water partition coefficient (Wildman–Crippen LogP) is 1.73. The Kier molecular flexibility index (Phi) is 3.58. The van der Waals surface area contributed by atoms with Gasteiger partial charge in [0.15, 0.2) is 0 Å². The van der Waals surface area contributed by atoms with Gasteiger partial charge in [0.2, 0.25) is 10.0 Å². The lowest BCUT2D eigenvalue weighted by molar-refractivity contribution is 0.499. The lowest BCUT2D eigenvalue weighted by Gasteiger charge is -2.23. The second-order valence-electron chi connectivity index (χ2n) is 5.00. The number of aromatic nitrogens is 1. The fraction of sp³-hybridized carbons (Fsp3) is 0.357. The zero-order chi connectivity index (χ0) is 14.0. The summed E-state index contributed by atoms with van der Waals surface area (Å²) < 4.78 is 27.6. The Morgan fingerprint density at radius 1 is 1.20 bits per heavy atom. The van der Waals surface area contributed by atoms with E-state index in [4.69, 9.17) is 0 Å². The van der Waals surface area contributed by atoms with Crippen LogP contribution in [0.2, 0.25) is 0 Å². The van der Waals surface area contributed by atoms with Gasteiger partial charge in [0, 0.05) is 23.2 Å². The van der Waals surface area contributed by atoms with Gasteiger partial charge < -0.3 is 5.32 Å². The molecule has 1 aromatic heterocycles. The highest BCUT2D eigenvalue weighted by Crippen LogP contribution is 2.25. The number of rotatable bonds is 3. The van der Waals surface area contributed by atoms with E-state index in [1.165, 1.54) is 0 Å². The molecule has 0 atom stereocenters. The summed E-state index contributed by atoms with van der Waals surface area (Å²) in [6, 6.07) is 7.38. The standard InChI is InChI=1S/C14H17N3O2S/c18-20(19,12-4-7-15-8-5-12)17-14-3-1-2-11-10-16-9-6-13(11)14/h1-3,6,9-10,12,15,17H,4-5,7-8H2. The first-order chi connectivity index (χ1) is 9.67. The highest BCUT2D eigenvalue weighted by Gasteiger charge is 2.27. The second kappa shape index (κ2) is 5.38. The molecule has 6 heteroatoms. The number of fused-ring (bicyclic) bond motifs is 1. The van der Waals surface area contributed by atoms with Crippen LogP contribution in [0.15, 0.2) is 36.7 Å². The number of sulfonamides is 1. The van der Waals surface area contributed by atoms with Crippen molar-refractivity contribution in [2.45, 2.75) is 18.1 Å². The molecule has 106 valence electrons. The highest BCUT2D eigenvalue weighted by molar-refractivity contribution is 7.93. The average molecular weight is 291 g/mol. The Hall–Kier alpha value is -1.66. The number of hydrogen-bond donors (Lipinski definition) is 2. The van der Waals surface area contributed by atoms with Gasteiger partial charge in [-0.15, -0.1) is 0 Å². The van der Waals surface area contributed by atoms with Crippen LogP contribution in [0.25, 0.3) is 10.8 Å². The van der Waals surface area contributed by atoms with Crippen LogP contribution in [0.1, 0.15) is 12.8 Å². The molecule has 0 bridgehead atoms. The van der Waals surface area contributed by atoms with Gasteiger partial charge in [0.05, 0.1) is 10.9 Å². The maximum Gasteiger partial charge on any atom is 0.235 e. The second-order valence-corrected chi connectivity index (χ2v) is 6.96. The van der Waals surface area contributed by atoms with Crippen LogP contribution in [-0.2, 0) is 10.0 Å². The van der Waals surface area contributed by atoms with Crippen LogP contribution in [0.5, 0.6) is 0 Å². The van der Waals surface area contributed by atoms with E-state index in [1.54, 1.807) is 18.5 Å². The third kappa shape index (κ3) is 2.62. The van der Waals surface area contributed by atoms with Crippen LogP contribution >= 0.6 is 0 Å². The molecule has 0 saturated carbocycles. The molecule has 1 aliphatic rings. The van der Waals surface area contributed by atoms with Crippen molar-refractivity contribution < 1.29 is 8.42 Å². The Morgan fingerprint density at radius 2 is 2.00 bits per heavy atom. The molecular weight excluding hydrogens is 274 g/mol. The van der Waals surface area contributed by atoms with Gasteiger partial charge in [-0.1, -0.05) is 12.1 Å². The number of nitrogens with zero attached hydrogens (tertiary/aromatic N) is 1. The SMILES string of the molecule is O=S(=O)(Nc1cccc2cnccc12)C1CCNCC1. The summed E-state index contributed by atoms with van der Waals surface area (Å²) in [6.07, 6.45) is 4.71. The van der Waals surface area contributed by atoms with Crippen LogP contribution in [0.4, 0.5) is 5.69 Å². The Labute approximate surface area is 118 Å². The van der Waals surface area contributed by atoms with Gasteiger partial charge in [-0.2, -0.15) is 0 Å². The largest absolute Gasteiger partial charge is 0.317 e. The van der Waals surface area contributed by atoms with Crippen molar-refractivity contribution in [1.82, 2.24) is 10.3 Å². The number of nitrogens with one attached hydrogen (secondary N) is 2. The molecule has 20 heavy (non-hydrogen) atoms. The van der Waals surface area contributed by atoms with Gasteiger partial charge in [-0.25, -0.2) is 8.42 Å². The van der Waals surface area contributed by atoms with E-state index in [0.717, 1.165) is 23.9 Å². The molecule has 3 rings (SSSR count). The van der Waals surface area contributed by atoms with Gasteiger partial charge in [-0.05, 0) is 38.1 Å². The molecule has 2 aromatic rings. The van der Waals surface area contributed by atoms with Crippen molar-refractivity contribution in [3.8, 4) is 0 Å². The summed E-state index contributed by atoms with van der Waals surface area (Å²) in [5.74, 6) is 0. The van der Waals surface area contributed by atoms with Gasteiger partial charge in [0.25, 0.3) is 0 Å². The maximum atomic E-state index is 12.4. The summed E-state index contributed by atoms with van der Waals surface area (Å²) >= 11 is 0. The van der Waals surface area contributed by atoms with Crippen LogP contribution in [0, 0.1) is 0 Å². The molecule has 1 aliphatic heterocycles. The smallest absolute Gasteiger partial charge is 0.235 e. The van der Waals surface area contributed by atoms with E-state index >= 15 is 0 Å². The Bertz CT molecular complexity index is 704. The molecule has 1 fully saturated rings. The number of benzene rings is 1. The fourth-order valence-corrected chi connectivity index (χ4v) is 4.06. The van der Waals surface area contributed by atoms with E-state index < -0.39 is 10.0 Å². The lowest BCUT2D eigenvalue weighted by atomic mass is 10.1. The average Bonchev–Trinajstić information content (AvgIpc) is 2.48. The first kappa shape index (κ1) is 13.3. The molecule has 0 amide bonds. The number of anilines is 1. The predicted molar refractivity (Wildman–Crippen MR) is 80.2 cm³/mol. The molecule has 5 nitrogen and oxygen atoms in total. The third-order valence-corrected chi connectivity index (χ3v) is 5.51. The Balaban J connectivity index is 1.92. The molecule has 1 saturated heterocycles. The summed E-state index contributed by atoms with van der Waals surface area (Å²) in [6.45, 7) is 1.51. The zero-order valence-electron chi connectivity index (χ0n) is 11.0. The molecule has 1 aromatic carbocycles. The van der Waals surface area contributed by atoms with Crippen LogP contribution in [-0.4, -0.2) is 31.7 Å². The van der Waals surface area contributed by atoms with Crippen LogP contribution < -0.4 is 10.0 Å². The van der Waals surface area contributed by atoms with Gasteiger partial charge in [0.1, 0.15) is 0 Å². The number of piperidine rings is 1. The monoisotopic (exact) mass is 291 g/mol. The third-order valence-electron chi connectivity index (χ3n) is 3.66. The van der Waals surface area contributed by atoms with E-state index in [0.29, 0.717) is 18.5 Å². The first-order valence-electron chi connectivity index (χ1n) is 6.72. The minimum Gasteiger partial charge on any atom is -0.317 e. The molecular formula is C14H17N3O2S. The molecule has 0 spiro atoms. The van der Waals surface area contributed by atoms with E-state index in [9.17, 15) is 8.42 Å². The highest BCUT2D eigenvalue weighted by atomic mass is 32.2. The molecule has 0 aliphatic carbocycles. The van der Waals surface area contributed by atoms with Gasteiger partial charge >= 0.3 is 0 Å². The van der Waals surface area contributed by atoms with E-state index in [-0.39, 0.29) is 5.25 Å². The quantitative estimate of drug-likeness (QED) is 0.903. The van der Waals surface area contributed by atoms with Crippen molar-refractivity contribution in [3.05, 3.63) is 36.7 Å². The summed E-state index contributed by atoms with van der Waals surface area (Å²) in [7, 11) is -3.34. The van der Waals surface area contributed by atoms with Crippen molar-refractivity contribution in [1.29, 1.82) is 0 Å². The van der Waals surface area contributed by atoms with Crippen molar-refractivity contribution in [2.24, 2.45) is 0 Å². The zero-order valence-corrected chi connectivity index (χ0v) is 11.9.